The number of hydrogen-bond donors (Lipinski definition) is 3. The second-order valence-electron chi connectivity index (χ2n) is 6.90. The number of nitrogens with one attached hydrogen (secondary N) is 2. The van der Waals surface area contributed by atoms with Crippen LogP contribution >= 0.6 is 22.9 Å². The number of amides is 1. The van der Waals surface area contributed by atoms with Crippen LogP contribution in [0.4, 0.5) is 0 Å². The summed E-state index contributed by atoms with van der Waals surface area (Å²) in [6, 6.07) is 3.33. The van der Waals surface area contributed by atoms with Crippen LogP contribution < -0.4 is 5.32 Å². The molecular formula is C21H27ClN4O2S. The molecule has 3 N–H and O–H groups in total. The van der Waals surface area contributed by atoms with Crippen molar-refractivity contribution in [2.45, 2.75) is 26.5 Å². The predicted molar refractivity (Wildman–Crippen MR) is 120 cm³/mol. The van der Waals surface area contributed by atoms with E-state index in [0.717, 1.165) is 26.8 Å². The minimum absolute atomic E-state index is 0.0535. The summed E-state index contributed by atoms with van der Waals surface area (Å²) in [4.78, 5) is 23.3. The Morgan fingerprint density at radius 3 is 2.69 bits per heavy atom. The highest BCUT2D eigenvalue weighted by Gasteiger charge is 2.22. The third-order valence-electron chi connectivity index (χ3n) is 4.25. The van der Waals surface area contributed by atoms with Gasteiger partial charge in [-0.2, -0.15) is 0 Å². The molecule has 0 aliphatic rings. The number of likely N-dealkylation sites (N-methyl/N-ethyl adjacent to an activating group) is 1. The Kier molecular flexibility index (Phi) is 8.40. The summed E-state index contributed by atoms with van der Waals surface area (Å²) in [5, 5.41) is 13.8. The number of allylic oxidation sites excluding steroid dienone is 5. The average molecular weight is 435 g/mol. The van der Waals surface area contributed by atoms with Crippen molar-refractivity contribution in [2.75, 3.05) is 20.6 Å². The lowest BCUT2D eigenvalue weighted by molar-refractivity contribution is 0.0925. The molecule has 0 aromatic carbocycles. The second-order valence-corrected chi connectivity index (χ2v) is 8.45. The van der Waals surface area contributed by atoms with E-state index in [0.29, 0.717) is 17.3 Å². The van der Waals surface area contributed by atoms with Crippen molar-refractivity contribution >= 4 is 34.4 Å². The van der Waals surface area contributed by atoms with Crippen molar-refractivity contribution in [2.24, 2.45) is 0 Å². The molecule has 0 saturated heterocycles. The first-order chi connectivity index (χ1) is 13.7. The van der Waals surface area contributed by atoms with Crippen molar-refractivity contribution in [3.8, 4) is 0 Å². The van der Waals surface area contributed by atoms with Crippen molar-refractivity contribution in [3.63, 3.8) is 0 Å². The topological polar surface area (TPSA) is 81.2 Å². The van der Waals surface area contributed by atoms with Crippen LogP contribution in [0.3, 0.4) is 0 Å². The smallest absolute Gasteiger partial charge is 0.268 e. The molecule has 0 aliphatic carbocycles. The highest BCUT2D eigenvalue weighted by molar-refractivity contribution is 7.11. The molecular weight excluding hydrogens is 408 g/mol. The fourth-order valence-electron chi connectivity index (χ4n) is 2.65. The first kappa shape index (κ1) is 23.1. The number of nitrogens with zero attached hydrogens (tertiary/aromatic N) is 2. The summed E-state index contributed by atoms with van der Waals surface area (Å²) in [6.45, 7) is 7.95. The number of aryl methyl sites for hydroxylation is 1. The molecule has 0 aliphatic heterocycles. The summed E-state index contributed by atoms with van der Waals surface area (Å²) in [7, 11) is 3.88. The SMILES string of the molecule is C=C/C(Cl)=C\C=C(/C)c1ccc(C(=O)NC(CN(C)C)c2nc(C)c(CO)s2)[nH]1. The van der Waals surface area contributed by atoms with E-state index in [1.165, 1.54) is 11.3 Å². The zero-order valence-electron chi connectivity index (χ0n) is 17.1. The molecule has 0 bridgehead atoms. The number of carbonyl (C=O) groups excluding carboxylic acids is 1. The van der Waals surface area contributed by atoms with Gasteiger partial charge in [0.1, 0.15) is 10.7 Å². The van der Waals surface area contributed by atoms with Gasteiger partial charge in [0, 0.05) is 17.3 Å². The number of aliphatic hydroxyl groups excluding tert-OH is 1. The van der Waals surface area contributed by atoms with Crippen molar-refractivity contribution < 1.29 is 9.90 Å². The number of carbonyl (C=O) groups is 1. The Morgan fingerprint density at radius 2 is 2.10 bits per heavy atom. The van der Waals surface area contributed by atoms with Gasteiger partial charge in [-0.1, -0.05) is 30.3 Å². The lowest BCUT2D eigenvalue weighted by Crippen LogP contribution is -2.35. The molecule has 29 heavy (non-hydrogen) atoms. The molecule has 6 nitrogen and oxygen atoms in total. The van der Waals surface area contributed by atoms with Crippen LogP contribution in [-0.4, -0.2) is 46.5 Å². The lowest BCUT2D eigenvalue weighted by atomic mass is 10.2. The van der Waals surface area contributed by atoms with Crippen LogP contribution in [0, 0.1) is 6.92 Å². The molecule has 2 rings (SSSR count). The summed E-state index contributed by atoms with van der Waals surface area (Å²) < 4.78 is 0. The summed E-state index contributed by atoms with van der Waals surface area (Å²) in [6.07, 6.45) is 5.18. The molecule has 0 spiro atoms. The molecule has 2 aromatic heterocycles. The number of thiazole rings is 1. The Hall–Kier alpha value is -2.19. The number of aromatic nitrogens is 2. The van der Waals surface area contributed by atoms with Crippen molar-refractivity contribution in [1.82, 2.24) is 20.2 Å². The van der Waals surface area contributed by atoms with Crippen LogP contribution in [-0.2, 0) is 6.61 Å². The van der Waals surface area contributed by atoms with Gasteiger partial charge in [-0.15, -0.1) is 11.3 Å². The van der Waals surface area contributed by atoms with E-state index in [2.05, 4.69) is 21.9 Å². The fraction of sp³-hybridized carbons (Fsp3) is 0.333. The number of halogens is 1. The van der Waals surface area contributed by atoms with Gasteiger partial charge in [0.05, 0.1) is 23.2 Å². The summed E-state index contributed by atoms with van der Waals surface area (Å²) in [5.41, 5.74) is 3.03. The van der Waals surface area contributed by atoms with Gasteiger partial charge < -0.3 is 20.3 Å². The minimum Gasteiger partial charge on any atom is -0.391 e. The normalized spacial score (nSPS) is 13.6. The maximum Gasteiger partial charge on any atom is 0.268 e. The third kappa shape index (κ3) is 6.40. The Balaban J connectivity index is 2.19. The largest absolute Gasteiger partial charge is 0.391 e. The van der Waals surface area contributed by atoms with E-state index < -0.39 is 0 Å². The number of aliphatic hydroxyl groups is 1. The molecule has 2 heterocycles. The van der Waals surface area contributed by atoms with Crippen LogP contribution in [0.2, 0.25) is 0 Å². The molecule has 0 saturated carbocycles. The first-order valence-electron chi connectivity index (χ1n) is 9.13. The molecule has 0 fully saturated rings. The maximum absolute atomic E-state index is 12.8. The van der Waals surface area contributed by atoms with E-state index in [1.807, 2.05) is 45.0 Å². The molecule has 1 atom stereocenters. The molecule has 1 amide bonds. The van der Waals surface area contributed by atoms with E-state index in [1.54, 1.807) is 18.2 Å². The first-order valence-corrected chi connectivity index (χ1v) is 10.3. The van der Waals surface area contributed by atoms with Crippen LogP contribution in [0.15, 0.2) is 42.0 Å². The van der Waals surface area contributed by atoms with Crippen molar-refractivity contribution in [1.29, 1.82) is 0 Å². The molecule has 2 aromatic rings. The van der Waals surface area contributed by atoms with Gasteiger partial charge in [-0.25, -0.2) is 4.98 Å². The Labute approximate surface area is 180 Å². The van der Waals surface area contributed by atoms with Crippen LogP contribution in [0.5, 0.6) is 0 Å². The van der Waals surface area contributed by atoms with Crippen LogP contribution in [0.25, 0.3) is 5.57 Å². The van der Waals surface area contributed by atoms with E-state index in [-0.39, 0.29) is 18.6 Å². The van der Waals surface area contributed by atoms with Gasteiger partial charge in [-0.05, 0) is 51.7 Å². The molecule has 0 radical (unpaired) electrons. The highest BCUT2D eigenvalue weighted by Crippen LogP contribution is 2.25. The number of aromatic amines is 1. The maximum atomic E-state index is 12.8. The predicted octanol–water partition coefficient (Wildman–Crippen LogP) is 4.02. The van der Waals surface area contributed by atoms with Gasteiger partial charge in [-0.3, -0.25) is 4.79 Å². The zero-order valence-corrected chi connectivity index (χ0v) is 18.7. The van der Waals surface area contributed by atoms with Crippen molar-refractivity contribution in [3.05, 3.63) is 68.9 Å². The standard InChI is InChI=1S/C21H27ClN4O2S/c1-6-15(22)8-7-13(2)16-9-10-17(24-16)20(28)25-18(11-26(4)5)21-23-14(3)19(12-27)29-21/h6-10,18,24,27H,1,11-12H2,2-5H3,(H,25,28)/b13-7+,15-8+. The van der Waals surface area contributed by atoms with Gasteiger partial charge >= 0.3 is 0 Å². The number of rotatable bonds is 9. The quantitative estimate of drug-likeness (QED) is 0.521. The minimum atomic E-state index is -0.278. The average Bonchev–Trinajstić information content (AvgIpc) is 3.31. The highest BCUT2D eigenvalue weighted by atomic mass is 35.5. The van der Waals surface area contributed by atoms with Gasteiger partial charge in [0.2, 0.25) is 0 Å². The number of hydrogen-bond acceptors (Lipinski definition) is 5. The molecule has 156 valence electrons. The zero-order chi connectivity index (χ0) is 21.6. The second kappa shape index (κ2) is 10.5. The van der Waals surface area contributed by atoms with E-state index in [4.69, 9.17) is 11.6 Å². The Bertz CT molecular complexity index is 927. The number of H-pyrrole nitrogens is 1. The van der Waals surface area contributed by atoms with Gasteiger partial charge in [0.15, 0.2) is 0 Å². The van der Waals surface area contributed by atoms with E-state index in [9.17, 15) is 9.90 Å². The summed E-state index contributed by atoms with van der Waals surface area (Å²) >= 11 is 7.35. The van der Waals surface area contributed by atoms with Gasteiger partial charge in [0.25, 0.3) is 5.91 Å². The molecule has 1 unspecified atom stereocenters. The fourth-order valence-corrected chi connectivity index (χ4v) is 3.68. The summed E-state index contributed by atoms with van der Waals surface area (Å²) in [5.74, 6) is -0.214. The Morgan fingerprint density at radius 1 is 1.41 bits per heavy atom. The monoisotopic (exact) mass is 434 g/mol. The molecule has 8 heteroatoms. The van der Waals surface area contributed by atoms with E-state index >= 15 is 0 Å². The third-order valence-corrected chi connectivity index (χ3v) is 5.78. The van der Waals surface area contributed by atoms with Crippen LogP contribution in [0.1, 0.15) is 44.7 Å². The lowest BCUT2D eigenvalue weighted by Gasteiger charge is -2.20.